The van der Waals surface area contributed by atoms with Crippen molar-refractivity contribution in [3.05, 3.63) is 54.0 Å². The van der Waals surface area contributed by atoms with Gasteiger partial charge in [-0.3, -0.25) is 14.5 Å². The maximum absolute atomic E-state index is 12.6. The molecule has 0 spiro atoms. The minimum Gasteiger partial charge on any atom is -0.490 e. The summed E-state index contributed by atoms with van der Waals surface area (Å²) in [6, 6.07) is 11.8. The van der Waals surface area contributed by atoms with Gasteiger partial charge in [-0.25, -0.2) is 0 Å². The van der Waals surface area contributed by atoms with E-state index in [9.17, 15) is 9.59 Å². The quantitative estimate of drug-likeness (QED) is 0.586. The summed E-state index contributed by atoms with van der Waals surface area (Å²) in [5.74, 6) is 1.72. The van der Waals surface area contributed by atoms with E-state index in [1.807, 2.05) is 21.9 Å². The monoisotopic (exact) mass is 467 g/mol. The Balaban J connectivity index is 1.23. The third-order valence-electron chi connectivity index (χ3n) is 7.09. The average molecular weight is 468 g/mol. The highest BCUT2D eigenvalue weighted by Gasteiger charge is 2.27. The van der Waals surface area contributed by atoms with Gasteiger partial charge in [-0.1, -0.05) is 26.0 Å². The number of ether oxygens (including phenoxy) is 1. The highest BCUT2D eigenvalue weighted by atomic mass is 16.5. The molecule has 1 aromatic heterocycles. The molecule has 2 amide bonds. The zero-order chi connectivity index (χ0) is 23.9. The van der Waals surface area contributed by atoms with Crippen LogP contribution in [-0.4, -0.2) is 71.9 Å². The van der Waals surface area contributed by atoms with Crippen LogP contribution in [0.15, 0.2) is 47.1 Å². The van der Waals surface area contributed by atoms with E-state index in [1.165, 1.54) is 11.8 Å². The van der Waals surface area contributed by atoms with Crippen molar-refractivity contribution in [2.45, 2.75) is 52.2 Å². The standard InChI is InChI=1S/C27H37N3O4/c1-3-22(4-2)26(31)29-12-10-23(11-13-29)34-24-8-5-7-21(19-24)20-28-14-16-30(17-15-28)27(32)25-9-6-18-33-25/h5-9,18-19,22-23H,3-4,10-17,20H2,1-2H3. The Hall–Kier alpha value is -2.80. The van der Waals surface area contributed by atoms with Gasteiger partial charge in [0.05, 0.1) is 6.26 Å². The van der Waals surface area contributed by atoms with Crippen LogP contribution in [0.25, 0.3) is 0 Å². The first-order valence-electron chi connectivity index (χ1n) is 12.7. The number of furan rings is 1. The lowest BCUT2D eigenvalue weighted by atomic mass is 9.99. The molecule has 1 aromatic carbocycles. The second-order valence-electron chi connectivity index (χ2n) is 9.35. The Morgan fingerprint density at radius 1 is 0.971 bits per heavy atom. The number of rotatable bonds is 8. The molecule has 0 aliphatic carbocycles. The maximum Gasteiger partial charge on any atom is 0.289 e. The van der Waals surface area contributed by atoms with Crippen LogP contribution in [0.1, 0.15) is 55.6 Å². The molecule has 0 unspecified atom stereocenters. The Kier molecular flexibility index (Phi) is 8.27. The molecular formula is C27H37N3O4. The first kappa shape index (κ1) is 24.3. The van der Waals surface area contributed by atoms with Crippen molar-refractivity contribution < 1.29 is 18.7 Å². The molecule has 2 saturated heterocycles. The number of amides is 2. The SMILES string of the molecule is CCC(CC)C(=O)N1CCC(Oc2cccc(CN3CCN(C(=O)c4ccco4)CC3)c2)CC1. The van der Waals surface area contributed by atoms with Gasteiger partial charge in [-0.05, 0) is 42.7 Å². The molecule has 2 aliphatic rings. The molecule has 4 rings (SSSR count). The van der Waals surface area contributed by atoms with Gasteiger partial charge >= 0.3 is 0 Å². The molecule has 2 aliphatic heterocycles. The van der Waals surface area contributed by atoms with Gasteiger partial charge in [0.2, 0.25) is 5.91 Å². The molecule has 184 valence electrons. The summed E-state index contributed by atoms with van der Waals surface area (Å²) in [5.41, 5.74) is 1.21. The Labute approximate surface area is 202 Å². The first-order valence-corrected chi connectivity index (χ1v) is 12.7. The molecule has 2 fully saturated rings. The van der Waals surface area contributed by atoms with E-state index in [-0.39, 0.29) is 17.9 Å². The molecule has 0 atom stereocenters. The number of likely N-dealkylation sites (tertiary alicyclic amines) is 1. The van der Waals surface area contributed by atoms with Crippen molar-refractivity contribution in [2.75, 3.05) is 39.3 Å². The fourth-order valence-corrected chi connectivity index (χ4v) is 4.92. The van der Waals surface area contributed by atoms with E-state index in [2.05, 4.69) is 30.9 Å². The molecule has 0 bridgehead atoms. The van der Waals surface area contributed by atoms with Gasteiger partial charge in [0.1, 0.15) is 11.9 Å². The number of benzene rings is 1. The van der Waals surface area contributed by atoms with Gasteiger partial charge in [0.15, 0.2) is 5.76 Å². The van der Waals surface area contributed by atoms with E-state index >= 15 is 0 Å². The van der Waals surface area contributed by atoms with Gasteiger partial charge < -0.3 is 19.0 Å². The smallest absolute Gasteiger partial charge is 0.289 e. The van der Waals surface area contributed by atoms with Crippen LogP contribution in [-0.2, 0) is 11.3 Å². The fourth-order valence-electron chi connectivity index (χ4n) is 4.92. The molecule has 0 N–H and O–H groups in total. The van der Waals surface area contributed by atoms with Crippen LogP contribution >= 0.6 is 0 Å². The lowest BCUT2D eigenvalue weighted by molar-refractivity contribution is -0.137. The summed E-state index contributed by atoms with van der Waals surface area (Å²) < 4.78 is 11.5. The number of piperidine rings is 1. The number of carbonyl (C=O) groups is 2. The van der Waals surface area contributed by atoms with E-state index in [0.717, 1.165) is 64.2 Å². The lowest BCUT2D eigenvalue weighted by Gasteiger charge is -2.35. The molecule has 0 radical (unpaired) electrons. The largest absolute Gasteiger partial charge is 0.490 e. The van der Waals surface area contributed by atoms with E-state index in [0.29, 0.717) is 24.8 Å². The van der Waals surface area contributed by atoms with Crippen LogP contribution in [0.2, 0.25) is 0 Å². The van der Waals surface area contributed by atoms with Gasteiger partial charge in [-0.15, -0.1) is 0 Å². The first-order chi connectivity index (χ1) is 16.6. The highest BCUT2D eigenvalue weighted by molar-refractivity contribution is 5.91. The third kappa shape index (κ3) is 6.00. The van der Waals surface area contributed by atoms with Crippen molar-refractivity contribution in [1.29, 1.82) is 0 Å². The van der Waals surface area contributed by atoms with E-state index < -0.39 is 0 Å². The second-order valence-corrected chi connectivity index (χ2v) is 9.35. The minimum absolute atomic E-state index is 0.0345. The Morgan fingerprint density at radius 2 is 1.71 bits per heavy atom. The number of piperazine rings is 1. The van der Waals surface area contributed by atoms with Gasteiger partial charge in [0, 0.05) is 64.6 Å². The van der Waals surface area contributed by atoms with E-state index in [4.69, 9.17) is 9.15 Å². The van der Waals surface area contributed by atoms with Crippen molar-refractivity contribution in [2.24, 2.45) is 5.92 Å². The fraction of sp³-hybridized carbons (Fsp3) is 0.556. The summed E-state index contributed by atoms with van der Waals surface area (Å²) in [6.07, 6.45) is 5.26. The van der Waals surface area contributed by atoms with Gasteiger partial charge in [-0.2, -0.15) is 0 Å². The normalized spacial score (nSPS) is 17.9. The van der Waals surface area contributed by atoms with Crippen molar-refractivity contribution in [3.8, 4) is 5.75 Å². The van der Waals surface area contributed by atoms with Crippen LogP contribution in [0.5, 0.6) is 5.75 Å². The number of hydrogen-bond donors (Lipinski definition) is 0. The van der Waals surface area contributed by atoms with Crippen LogP contribution < -0.4 is 4.74 Å². The summed E-state index contributed by atoms with van der Waals surface area (Å²) in [4.78, 5) is 31.3. The predicted octanol–water partition coefficient (Wildman–Crippen LogP) is 4.04. The molecule has 7 nitrogen and oxygen atoms in total. The summed E-state index contributed by atoms with van der Waals surface area (Å²) in [7, 11) is 0. The average Bonchev–Trinajstić information content (AvgIpc) is 3.41. The summed E-state index contributed by atoms with van der Waals surface area (Å²) in [6.45, 7) is 9.64. The zero-order valence-electron chi connectivity index (χ0n) is 20.4. The van der Waals surface area contributed by atoms with E-state index in [1.54, 1.807) is 12.1 Å². The summed E-state index contributed by atoms with van der Waals surface area (Å²) in [5, 5.41) is 0. The molecular weight excluding hydrogens is 430 g/mol. The number of carbonyl (C=O) groups excluding carboxylic acids is 2. The van der Waals surface area contributed by atoms with Crippen molar-refractivity contribution >= 4 is 11.8 Å². The Bertz CT molecular complexity index is 925. The molecule has 2 aromatic rings. The molecule has 0 saturated carbocycles. The second kappa shape index (κ2) is 11.6. The topological polar surface area (TPSA) is 66.2 Å². The highest BCUT2D eigenvalue weighted by Crippen LogP contribution is 2.23. The predicted molar refractivity (Wildman–Crippen MR) is 131 cm³/mol. The van der Waals surface area contributed by atoms with Crippen LogP contribution in [0.4, 0.5) is 0 Å². The number of nitrogens with zero attached hydrogens (tertiary/aromatic N) is 3. The molecule has 7 heteroatoms. The number of hydrogen-bond acceptors (Lipinski definition) is 5. The zero-order valence-corrected chi connectivity index (χ0v) is 20.4. The van der Waals surface area contributed by atoms with Crippen molar-refractivity contribution in [1.82, 2.24) is 14.7 Å². The molecule has 34 heavy (non-hydrogen) atoms. The lowest BCUT2D eigenvalue weighted by Crippen LogP contribution is -2.48. The van der Waals surface area contributed by atoms with Gasteiger partial charge in [0.25, 0.3) is 5.91 Å². The third-order valence-corrected chi connectivity index (χ3v) is 7.09. The van der Waals surface area contributed by atoms with Crippen molar-refractivity contribution in [3.63, 3.8) is 0 Å². The minimum atomic E-state index is -0.0345. The summed E-state index contributed by atoms with van der Waals surface area (Å²) >= 11 is 0. The van der Waals surface area contributed by atoms with Crippen LogP contribution in [0, 0.1) is 5.92 Å². The molecule has 3 heterocycles. The van der Waals surface area contributed by atoms with Crippen LogP contribution in [0.3, 0.4) is 0 Å². The Morgan fingerprint density at radius 3 is 2.35 bits per heavy atom. The maximum atomic E-state index is 12.6.